The molecule has 3 rings (SSSR count). The number of hydrogen-bond donors (Lipinski definition) is 1. The Hall–Kier alpha value is -2.00. The first kappa shape index (κ1) is 15.9. The lowest BCUT2D eigenvalue weighted by Crippen LogP contribution is -2.38. The van der Waals surface area contributed by atoms with E-state index >= 15 is 0 Å². The van der Waals surface area contributed by atoms with Gasteiger partial charge in [-0.25, -0.2) is 0 Å². The van der Waals surface area contributed by atoms with E-state index in [2.05, 4.69) is 34.5 Å². The van der Waals surface area contributed by atoms with Crippen LogP contribution in [0.1, 0.15) is 18.4 Å². The Morgan fingerprint density at radius 2 is 1.83 bits per heavy atom. The molecule has 1 aliphatic rings. The first-order chi connectivity index (χ1) is 11.1. The summed E-state index contributed by atoms with van der Waals surface area (Å²) in [5.41, 5.74) is 3.08. The van der Waals surface area contributed by atoms with Crippen molar-refractivity contribution in [1.82, 2.24) is 0 Å². The van der Waals surface area contributed by atoms with Crippen molar-refractivity contribution in [2.45, 2.75) is 19.8 Å². The van der Waals surface area contributed by atoms with Gasteiger partial charge in [-0.15, -0.1) is 0 Å². The summed E-state index contributed by atoms with van der Waals surface area (Å²) in [6.45, 7) is 3.80. The predicted molar refractivity (Wildman–Crippen MR) is 96.2 cm³/mol. The van der Waals surface area contributed by atoms with Gasteiger partial charge in [0.1, 0.15) is 0 Å². The number of halogens is 1. The molecular weight excluding hydrogens is 308 g/mol. The molecule has 3 nitrogen and oxygen atoms in total. The number of benzene rings is 2. The number of nitrogens with one attached hydrogen (secondary N) is 1. The molecule has 1 saturated heterocycles. The molecule has 0 aromatic heterocycles. The van der Waals surface area contributed by atoms with Gasteiger partial charge in [-0.05, 0) is 49.6 Å². The molecule has 1 aliphatic heterocycles. The maximum absolute atomic E-state index is 12.5. The fraction of sp³-hybridized carbons (Fsp3) is 0.316. The lowest BCUT2D eigenvalue weighted by atomic mass is 9.95. The maximum atomic E-state index is 12.5. The molecule has 4 heteroatoms. The van der Waals surface area contributed by atoms with Gasteiger partial charge in [0.15, 0.2) is 0 Å². The summed E-state index contributed by atoms with van der Waals surface area (Å²) in [5, 5.41) is 3.68. The fourth-order valence-corrected chi connectivity index (χ4v) is 3.17. The van der Waals surface area contributed by atoms with Crippen molar-refractivity contribution in [3.8, 4) is 0 Å². The summed E-state index contributed by atoms with van der Waals surface area (Å²) in [4.78, 5) is 14.8. The molecule has 2 aromatic rings. The van der Waals surface area contributed by atoms with Crippen molar-refractivity contribution in [2.24, 2.45) is 5.92 Å². The van der Waals surface area contributed by atoms with E-state index < -0.39 is 0 Å². The molecule has 0 atom stereocenters. The zero-order chi connectivity index (χ0) is 16.2. The van der Waals surface area contributed by atoms with Gasteiger partial charge in [0.2, 0.25) is 5.91 Å². The molecule has 1 N–H and O–H groups in total. The minimum absolute atomic E-state index is 0.0633. The molecule has 1 fully saturated rings. The zero-order valence-electron chi connectivity index (χ0n) is 13.3. The van der Waals surface area contributed by atoms with Crippen LogP contribution in [0, 0.1) is 12.8 Å². The van der Waals surface area contributed by atoms with Crippen molar-refractivity contribution in [3.05, 3.63) is 59.1 Å². The summed E-state index contributed by atoms with van der Waals surface area (Å²) in [6, 6.07) is 15.9. The number of carbonyl (C=O) groups excluding carboxylic acids is 1. The molecule has 0 spiro atoms. The Morgan fingerprint density at radius 3 is 2.52 bits per heavy atom. The van der Waals surface area contributed by atoms with E-state index in [1.54, 1.807) is 0 Å². The lowest BCUT2D eigenvalue weighted by molar-refractivity contribution is -0.120. The van der Waals surface area contributed by atoms with E-state index in [-0.39, 0.29) is 11.8 Å². The van der Waals surface area contributed by atoms with Gasteiger partial charge in [0, 0.05) is 35.4 Å². The number of piperidine rings is 1. The molecule has 0 saturated carbocycles. The first-order valence-electron chi connectivity index (χ1n) is 8.00. The smallest absolute Gasteiger partial charge is 0.227 e. The van der Waals surface area contributed by atoms with Gasteiger partial charge in [-0.1, -0.05) is 35.9 Å². The Morgan fingerprint density at radius 1 is 1.13 bits per heavy atom. The van der Waals surface area contributed by atoms with Gasteiger partial charge >= 0.3 is 0 Å². The minimum atomic E-state index is 0.0633. The first-order valence-corrected chi connectivity index (χ1v) is 8.38. The Kier molecular flexibility index (Phi) is 4.87. The normalized spacial score (nSPS) is 15.5. The highest BCUT2D eigenvalue weighted by molar-refractivity contribution is 6.31. The number of amides is 1. The Labute approximate surface area is 142 Å². The number of hydrogen-bond acceptors (Lipinski definition) is 2. The minimum Gasteiger partial charge on any atom is -0.371 e. The predicted octanol–water partition coefficient (Wildman–Crippen LogP) is 4.50. The Balaban J connectivity index is 1.59. The van der Waals surface area contributed by atoms with E-state index in [1.165, 1.54) is 5.69 Å². The van der Waals surface area contributed by atoms with Gasteiger partial charge in [0.05, 0.1) is 0 Å². The highest BCUT2D eigenvalue weighted by Crippen LogP contribution is 2.26. The lowest BCUT2D eigenvalue weighted by Gasteiger charge is -2.33. The summed E-state index contributed by atoms with van der Waals surface area (Å²) >= 11 is 6.02. The fourth-order valence-electron chi connectivity index (χ4n) is 3.00. The summed E-state index contributed by atoms with van der Waals surface area (Å²) < 4.78 is 0. The molecule has 1 amide bonds. The van der Waals surface area contributed by atoms with E-state index in [1.807, 2.05) is 31.2 Å². The van der Waals surface area contributed by atoms with Crippen molar-refractivity contribution in [3.63, 3.8) is 0 Å². The molecular formula is C19H21ClN2O. The second-order valence-electron chi connectivity index (χ2n) is 6.05. The van der Waals surface area contributed by atoms with Gasteiger partial charge < -0.3 is 10.2 Å². The largest absolute Gasteiger partial charge is 0.371 e. The number of para-hydroxylation sites is 1. The maximum Gasteiger partial charge on any atom is 0.227 e. The number of carbonyl (C=O) groups is 1. The molecule has 1 heterocycles. The summed E-state index contributed by atoms with van der Waals surface area (Å²) in [6.07, 6.45) is 1.75. The highest BCUT2D eigenvalue weighted by atomic mass is 35.5. The quantitative estimate of drug-likeness (QED) is 0.899. The second kappa shape index (κ2) is 7.05. The van der Waals surface area contributed by atoms with Gasteiger partial charge in [-0.2, -0.15) is 0 Å². The third-order valence-corrected chi connectivity index (χ3v) is 4.68. The Bertz CT molecular complexity index is 679. The van der Waals surface area contributed by atoms with Crippen LogP contribution >= 0.6 is 11.6 Å². The van der Waals surface area contributed by atoms with Crippen LogP contribution in [0.4, 0.5) is 11.4 Å². The van der Waals surface area contributed by atoms with E-state index in [0.717, 1.165) is 37.2 Å². The van der Waals surface area contributed by atoms with E-state index in [0.29, 0.717) is 5.02 Å². The third kappa shape index (κ3) is 3.85. The van der Waals surface area contributed by atoms with Crippen LogP contribution in [0.25, 0.3) is 0 Å². The van der Waals surface area contributed by atoms with Crippen molar-refractivity contribution < 1.29 is 4.79 Å². The monoisotopic (exact) mass is 328 g/mol. The van der Waals surface area contributed by atoms with Crippen molar-refractivity contribution in [1.29, 1.82) is 0 Å². The van der Waals surface area contributed by atoms with Crippen LogP contribution in [0.3, 0.4) is 0 Å². The molecule has 0 radical (unpaired) electrons. The number of nitrogens with zero attached hydrogens (tertiary/aromatic N) is 1. The summed E-state index contributed by atoms with van der Waals surface area (Å²) in [5.74, 6) is 0.163. The van der Waals surface area contributed by atoms with Crippen LogP contribution < -0.4 is 10.2 Å². The third-order valence-electron chi connectivity index (χ3n) is 4.44. The second-order valence-corrected chi connectivity index (χ2v) is 6.48. The molecule has 0 bridgehead atoms. The van der Waals surface area contributed by atoms with Crippen LogP contribution in [0.15, 0.2) is 48.5 Å². The van der Waals surface area contributed by atoms with Crippen LogP contribution in [0.2, 0.25) is 5.02 Å². The standard InChI is InChI=1S/C19H21ClN2O/c1-14-7-8-16(20)13-18(14)21-19(23)15-9-11-22(12-10-15)17-5-3-2-4-6-17/h2-8,13,15H,9-12H2,1H3,(H,21,23). The average molecular weight is 329 g/mol. The molecule has 2 aromatic carbocycles. The van der Waals surface area contributed by atoms with Gasteiger partial charge in [-0.3, -0.25) is 4.79 Å². The van der Waals surface area contributed by atoms with E-state index in [9.17, 15) is 4.79 Å². The molecule has 0 aliphatic carbocycles. The topological polar surface area (TPSA) is 32.3 Å². The molecule has 120 valence electrons. The molecule has 0 unspecified atom stereocenters. The SMILES string of the molecule is Cc1ccc(Cl)cc1NC(=O)C1CCN(c2ccccc2)CC1. The average Bonchev–Trinajstić information content (AvgIpc) is 2.59. The summed E-state index contributed by atoms with van der Waals surface area (Å²) in [7, 11) is 0. The highest BCUT2D eigenvalue weighted by Gasteiger charge is 2.25. The van der Waals surface area contributed by atoms with Crippen LogP contribution in [0.5, 0.6) is 0 Å². The number of anilines is 2. The van der Waals surface area contributed by atoms with Crippen molar-refractivity contribution in [2.75, 3.05) is 23.3 Å². The van der Waals surface area contributed by atoms with Crippen molar-refractivity contribution >= 4 is 28.9 Å². The van der Waals surface area contributed by atoms with Gasteiger partial charge in [0.25, 0.3) is 0 Å². The molecule has 23 heavy (non-hydrogen) atoms. The number of aryl methyl sites for hydroxylation is 1. The zero-order valence-corrected chi connectivity index (χ0v) is 14.0. The van der Waals surface area contributed by atoms with E-state index in [4.69, 9.17) is 11.6 Å². The number of rotatable bonds is 3. The van der Waals surface area contributed by atoms with Crippen LogP contribution in [-0.2, 0) is 4.79 Å². The van der Waals surface area contributed by atoms with Crippen LogP contribution in [-0.4, -0.2) is 19.0 Å².